The van der Waals surface area contributed by atoms with Crippen LogP contribution in [0.4, 0.5) is 0 Å². The number of carbonyl (C=O) groups excluding carboxylic acids is 1. The van der Waals surface area contributed by atoms with E-state index in [1.807, 2.05) is 23.1 Å². The number of allylic oxidation sites excluding steroid dienone is 3. The lowest BCUT2D eigenvalue weighted by Crippen LogP contribution is -2.43. The second-order valence-corrected chi connectivity index (χ2v) is 9.49. The molecule has 0 spiro atoms. The third-order valence-corrected chi connectivity index (χ3v) is 6.14. The molecule has 0 saturated heterocycles. The van der Waals surface area contributed by atoms with Crippen LogP contribution in [0.5, 0.6) is 5.75 Å². The van der Waals surface area contributed by atoms with Crippen LogP contribution in [0.3, 0.4) is 0 Å². The van der Waals surface area contributed by atoms with Gasteiger partial charge in [0.25, 0.3) is 0 Å². The number of hydrogen-bond acceptors (Lipinski definition) is 6. The average Bonchev–Trinajstić information content (AvgIpc) is 2.70. The fourth-order valence-electron chi connectivity index (χ4n) is 4.35. The Bertz CT molecular complexity index is 1000. The Morgan fingerprint density at radius 1 is 1.42 bits per heavy atom. The molecular weight excluding hydrogens is 458 g/mol. The Labute approximate surface area is 192 Å². The van der Waals surface area contributed by atoms with Gasteiger partial charge in [0, 0.05) is 41.4 Å². The predicted molar refractivity (Wildman–Crippen MR) is 123 cm³/mol. The molecule has 0 unspecified atom stereocenters. The van der Waals surface area contributed by atoms with Crippen LogP contribution in [0.15, 0.2) is 58.0 Å². The van der Waals surface area contributed by atoms with Crippen molar-refractivity contribution in [2.45, 2.75) is 32.6 Å². The van der Waals surface area contributed by atoms with Gasteiger partial charge in [0.2, 0.25) is 0 Å². The number of methoxy groups -OCH3 is 1. The summed E-state index contributed by atoms with van der Waals surface area (Å²) in [5, 5.41) is 10.1. The lowest BCUT2D eigenvalue weighted by atomic mass is 9.68. The quantitative estimate of drug-likeness (QED) is 0.575. The van der Waals surface area contributed by atoms with Crippen LogP contribution in [-0.4, -0.2) is 37.6 Å². The number of Topliss-reactive ketones (excluding diaryl/α,β-unsaturated/α-hetero) is 1. The van der Waals surface area contributed by atoms with Gasteiger partial charge in [-0.25, -0.2) is 0 Å². The molecule has 1 heterocycles. The number of nitriles is 1. The normalized spacial score (nSPS) is 20.4. The summed E-state index contributed by atoms with van der Waals surface area (Å²) in [6.45, 7) is 9.09. The highest BCUT2D eigenvalue weighted by atomic mass is 79.9. The summed E-state index contributed by atoms with van der Waals surface area (Å²) >= 11 is 3.52. The number of ether oxygens (including phenoxy) is 2. The largest absolute Gasteiger partial charge is 0.489 e. The van der Waals surface area contributed by atoms with Gasteiger partial charge in [-0.1, -0.05) is 42.4 Å². The molecule has 1 aromatic rings. The van der Waals surface area contributed by atoms with Gasteiger partial charge in [0.1, 0.15) is 18.2 Å². The van der Waals surface area contributed by atoms with Crippen LogP contribution in [0.2, 0.25) is 0 Å². The first kappa shape index (κ1) is 23.1. The van der Waals surface area contributed by atoms with Gasteiger partial charge in [-0.2, -0.15) is 5.26 Å². The first-order valence-corrected chi connectivity index (χ1v) is 11.0. The molecule has 0 saturated carbocycles. The summed E-state index contributed by atoms with van der Waals surface area (Å²) in [5.41, 5.74) is 8.93. The number of hydrogen-bond donors (Lipinski definition) is 1. The Morgan fingerprint density at radius 3 is 2.81 bits per heavy atom. The minimum Gasteiger partial charge on any atom is -0.489 e. The van der Waals surface area contributed by atoms with Crippen molar-refractivity contribution < 1.29 is 14.3 Å². The van der Waals surface area contributed by atoms with Crippen molar-refractivity contribution in [1.29, 1.82) is 5.26 Å². The van der Waals surface area contributed by atoms with Crippen LogP contribution in [-0.2, 0) is 9.53 Å². The molecular formula is C24H28BrN3O3. The number of ketones is 1. The molecule has 1 aliphatic heterocycles. The first-order chi connectivity index (χ1) is 14.7. The molecule has 0 aromatic heterocycles. The maximum atomic E-state index is 13.5. The molecule has 0 amide bonds. The maximum Gasteiger partial charge on any atom is 0.162 e. The number of nitrogens with two attached hydrogens (primary N) is 1. The van der Waals surface area contributed by atoms with Crippen molar-refractivity contribution in [3.05, 3.63) is 63.6 Å². The highest BCUT2D eigenvalue weighted by molar-refractivity contribution is 9.10. The summed E-state index contributed by atoms with van der Waals surface area (Å²) in [4.78, 5) is 15.4. The average molecular weight is 486 g/mol. The molecule has 0 bridgehead atoms. The zero-order valence-electron chi connectivity index (χ0n) is 18.2. The zero-order valence-corrected chi connectivity index (χ0v) is 19.8. The minimum absolute atomic E-state index is 0.0357. The third-order valence-electron chi connectivity index (χ3n) is 5.65. The van der Waals surface area contributed by atoms with E-state index < -0.39 is 5.92 Å². The molecule has 2 aliphatic rings. The van der Waals surface area contributed by atoms with Gasteiger partial charge in [0.05, 0.1) is 24.2 Å². The number of rotatable bonds is 7. The van der Waals surface area contributed by atoms with Crippen molar-refractivity contribution in [3.63, 3.8) is 0 Å². The fraction of sp³-hybridized carbons (Fsp3) is 0.417. The monoisotopic (exact) mass is 485 g/mol. The SMILES string of the molecule is C=CCOc1ccc(Br)cc1[C@H]1C(C#N)=C(N)N(CCOC)C2=C1C(=O)CC(C)(C)C2. The molecule has 1 aliphatic carbocycles. The molecule has 3 rings (SSSR count). The topological polar surface area (TPSA) is 88.6 Å². The number of carbonyl (C=O) groups is 1. The number of benzene rings is 1. The van der Waals surface area contributed by atoms with E-state index in [2.05, 4.69) is 42.4 Å². The summed E-state index contributed by atoms with van der Waals surface area (Å²) in [5.74, 6) is 0.417. The highest BCUT2D eigenvalue weighted by Gasteiger charge is 2.44. The number of halogens is 1. The maximum absolute atomic E-state index is 13.5. The van der Waals surface area contributed by atoms with Crippen LogP contribution >= 0.6 is 15.9 Å². The lowest BCUT2D eigenvalue weighted by molar-refractivity contribution is -0.118. The second kappa shape index (κ2) is 9.29. The first-order valence-electron chi connectivity index (χ1n) is 10.2. The van der Waals surface area contributed by atoms with E-state index >= 15 is 0 Å². The molecule has 0 fully saturated rings. The Morgan fingerprint density at radius 2 is 2.16 bits per heavy atom. The standard InChI is InChI=1S/C24H28BrN3O3/c1-5-9-31-20-7-6-15(25)11-16(20)21-17(14-26)23(27)28(8-10-30-4)18-12-24(2,3)13-19(29)22(18)21/h5-7,11,21H,1,8-10,12-13,27H2,2-4H3/t21-/m0/s1. The van der Waals surface area contributed by atoms with Crippen molar-refractivity contribution in [3.8, 4) is 11.8 Å². The van der Waals surface area contributed by atoms with E-state index in [4.69, 9.17) is 15.2 Å². The van der Waals surface area contributed by atoms with E-state index in [1.54, 1.807) is 13.2 Å². The zero-order chi connectivity index (χ0) is 22.8. The van der Waals surface area contributed by atoms with Crippen molar-refractivity contribution in [1.82, 2.24) is 4.90 Å². The lowest BCUT2D eigenvalue weighted by Gasteiger charge is -2.44. The molecule has 2 N–H and O–H groups in total. The van der Waals surface area contributed by atoms with Crippen LogP contribution < -0.4 is 10.5 Å². The van der Waals surface area contributed by atoms with Gasteiger partial charge in [-0.3, -0.25) is 4.79 Å². The van der Waals surface area contributed by atoms with Crippen molar-refractivity contribution in [2.75, 3.05) is 26.9 Å². The summed E-state index contributed by atoms with van der Waals surface area (Å²) < 4.78 is 12.0. The fourth-order valence-corrected chi connectivity index (χ4v) is 4.73. The van der Waals surface area contributed by atoms with Gasteiger partial charge >= 0.3 is 0 Å². The molecule has 164 valence electrons. The minimum atomic E-state index is -0.584. The van der Waals surface area contributed by atoms with E-state index in [1.165, 1.54) is 0 Å². The number of nitrogens with zero attached hydrogens (tertiary/aromatic N) is 2. The molecule has 1 aromatic carbocycles. The Balaban J connectivity index is 2.26. The second-order valence-electron chi connectivity index (χ2n) is 8.57. The van der Waals surface area contributed by atoms with Crippen LogP contribution in [0, 0.1) is 16.7 Å². The molecule has 0 radical (unpaired) electrons. The molecule has 6 nitrogen and oxygen atoms in total. The predicted octanol–water partition coefficient (Wildman–Crippen LogP) is 4.40. The summed E-state index contributed by atoms with van der Waals surface area (Å²) in [6, 6.07) is 7.89. The van der Waals surface area contributed by atoms with E-state index in [0.717, 1.165) is 15.7 Å². The van der Waals surface area contributed by atoms with Gasteiger partial charge in [-0.05, 0) is 30.0 Å². The van der Waals surface area contributed by atoms with Gasteiger partial charge in [0.15, 0.2) is 5.78 Å². The van der Waals surface area contributed by atoms with E-state index in [0.29, 0.717) is 55.3 Å². The van der Waals surface area contributed by atoms with Crippen molar-refractivity contribution >= 4 is 21.7 Å². The van der Waals surface area contributed by atoms with E-state index in [9.17, 15) is 10.1 Å². The smallest absolute Gasteiger partial charge is 0.162 e. The molecule has 7 heteroatoms. The van der Waals surface area contributed by atoms with Gasteiger partial charge < -0.3 is 20.1 Å². The van der Waals surface area contributed by atoms with Crippen LogP contribution in [0.25, 0.3) is 0 Å². The molecule has 31 heavy (non-hydrogen) atoms. The summed E-state index contributed by atoms with van der Waals surface area (Å²) in [7, 11) is 1.62. The van der Waals surface area contributed by atoms with Gasteiger partial charge in [-0.15, -0.1) is 0 Å². The third kappa shape index (κ3) is 4.56. The van der Waals surface area contributed by atoms with Crippen LogP contribution in [0.1, 0.15) is 38.2 Å². The highest BCUT2D eigenvalue weighted by Crippen LogP contribution is 2.50. The Hall–Kier alpha value is -2.56. The van der Waals surface area contributed by atoms with E-state index in [-0.39, 0.29) is 11.2 Å². The Kier molecular flexibility index (Phi) is 6.93. The van der Waals surface area contributed by atoms with Crippen molar-refractivity contribution in [2.24, 2.45) is 11.1 Å². The summed E-state index contributed by atoms with van der Waals surface area (Å²) in [6.07, 6.45) is 2.76. The molecule has 1 atom stereocenters.